The SMILES string of the molecule is CCCCCCCCc1ncnc2c1CNCC2. The molecule has 2 heterocycles. The maximum atomic E-state index is 4.47. The Bertz CT molecular complexity index is 363. The first-order valence-corrected chi connectivity index (χ1v) is 7.44. The lowest BCUT2D eigenvalue weighted by Crippen LogP contribution is -2.26. The maximum absolute atomic E-state index is 4.47. The highest BCUT2D eigenvalue weighted by Crippen LogP contribution is 2.16. The Morgan fingerprint density at radius 3 is 2.83 bits per heavy atom. The summed E-state index contributed by atoms with van der Waals surface area (Å²) in [6.45, 7) is 4.28. The Kier molecular flexibility index (Phi) is 5.59. The van der Waals surface area contributed by atoms with Gasteiger partial charge in [-0.15, -0.1) is 0 Å². The molecule has 1 aliphatic heterocycles. The first-order valence-electron chi connectivity index (χ1n) is 7.44. The van der Waals surface area contributed by atoms with E-state index in [2.05, 4.69) is 22.2 Å². The number of nitrogens with one attached hydrogen (secondary N) is 1. The van der Waals surface area contributed by atoms with Gasteiger partial charge in [0.1, 0.15) is 6.33 Å². The van der Waals surface area contributed by atoms with E-state index in [4.69, 9.17) is 0 Å². The van der Waals surface area contributed by atoms with Crippen LogP contribution in [0, 0.1) is 0 Å². The van der Waals surface area contributed by atoms with Crippen molar-refractivity contribution in [2.24, 2.45) is 0 Å². The molecule has 3 heteroatoms. The highest BCUT2D eigenvalue weighted by molar-refractivity contribution is 5.26. The molecule has 1 N–H and O–H groups in total. The van der Waals surface area contributed by atoms with Crippen LogP contribution in [0.1, 0.15) is 62.4 Å². The Morgan fingerprint density at radius 1 is 1.11 bits per heavy atom. The van der Waals surface area contributed by atoms with E-state index in [1.54, 1.807) is 6.33 Å². The van der Waals surface area contributed by atoms with Crippen LogP contribution in [0.2, 0.25) is 0 Å². The minimum atomic E-state index is 0.960. The van der Waals surface area contributed by atoms with Gasteiger partial charge in [0, 0.05) is 36.5 Å². The molecule has 0 aliphatic carbocycles. The van der Waals surface area contributed by atoms with E-state index in [1.165, 1.54) is 55.5 Å². The third-order valence-corrected chi connectivity index (χ3v) is 3.73. The summed E-state index contributed by atoms with van der Waals surface area (Å²) in [6, 6.07) is 0. The molecular formula is C15H25N3. The first kappa shape index (κ1) is 13.5. The third kappa shape index (κ3) is 3.77. The van der Waals surface area contributed by atoms with E-state index in [0.29, 0.717) is 0 Å². The van der Waals surface area contributed by atoms with Crippen molar-refractivity contribution in [1.29, 1.82) is 0 Å². The maximum Gasteiger partial charge on any atom is 0.115 e. The van der Waals surface area contributed by atoms with E-state index in [1.807, 2.05) is 0 Å². The summed E-state index contributed by atoms with van der Waals surface area (Å²) < 4.78 is 0. The van der Waals surface area contributed by atoms with Gasteiger partial charge in [-0.2, -0.15) is 0 Å². The van der Waals surface area contributed by atoms with Crippen molar-refractivity contribution in [3.8, 4) is 0 Å². The Morgan fingerprint density at radius 2 is 1.94 bits per heavy atom. The smallest absolute Gasteiger partial charge is 0.115 e. The van der Waals surface area contributed by atoms with Crippen LogP contribution in [-0.2, 0) is 19.4 Å². The molecule has 1 aromatic rings. The van der Waals surface area contributed by atoms with Crippen molar-refractivity contribution in [2.75, 3.05) is 6.54 Å². The fourth-order valence-electron chi connectivity index (χ4n) is 2.62. The molecule has 0 radical (unpaired) electrons. The number of unbranched alkanes of at least 4 members (excludes halogenated alkanes) is 5. The highest BCUT2D eigenvalue weighted by Gasteiger charge is 2.14. The van der Waals surface area contributed by atoms with Gasteiger partial charge < -0.3 is 5.32 Å². The van der Waals surface area contributed by atoms with Gasteiger partial charge in [0.05, 0.1) is 0 Å². The highest BCUT2D eigenvalue weighted by atomic mass is 14.9. The fraction of sp³-hybridized carbons (Fsp3) is 0.733. The largest absolute Gasteiger partial charge is 0.312 e. The van der Waals surface area contributed by atoms with Gasteiger partial charge in [-0.3, -0.25) is 0 Å². The van der Waals surface area contributed by atoms with Crippen molar-refractivity contribution >= 4 is 0 Å². The van der Waals surface area contributed by atoms with Gasteiger partial charge in [0.25, 0.3) is 0 Å². The molecule has 3 nitrogen and oxygen atoms in total. The molecule has 0 bridgehead atoms. The molecule has 18 heavy (non-hydrogen) atoms. The normalized spacial score (nSPS) is 14.5. The molecule has 0 spiro atoms. The van der Waals surface area contributed by atoms with Crippen LogP contribution >= 0.6 is 0 Å². The zero-order valence-electron chi connectivity index (χ0n) is 11.5. The molecule has 0 saturated heterocycles. The lowest BCUT2D eigenvalue weighted by atomic mass is 10.0. The van der Waals surface area contributed by atoms with Crippen molar-refractivity contribution in [3.63, 3.8) is 0 Å². The molecule has 0 saturated carbocycles. The van der Waals surface area contributed by atoms with Crippen LogP contribution in [0.5, 0.6) is 0 Å². The summed E-state index contributed by atoms with van der Waals surface area (Å²) in [4.78, 5) is 8.87. The average Bonchev–Trinajstić information content (AvgIpc) is 2.43. The zero-order valence-corrected chi connectivity index (χ0v) is 11.5. The average molecular weight is 247 g/mol. The van der Waals surface area contributed by atoms with E-state index < -0.39 is 0 Å². The lowest BCUT2D eigenvalue weighted by Gasteiger charge is -2.18. The predicted molar refractivity (Wildman–Crippen MR) is 74.5 cm³/mol. The molecule has 0 unspecified atom stereocenters. The van der Waals surface area contributed by atoms with Crippen LogP contribution in [0.15, 0.2) is 6.33 Å². The number of rotatable bonds is 7. The summed E-state index contributed by atoms with van der Waals surface area (Å²) in [7, 11) is 0. The van der Waals surface area contributed by atoms with Crippen LogP contribution in [-0.4, -0.2) is 16.5 Å². The molecule has 0 fully saturated rings. The second kappa shape index (κ2) is 7.47. The van der Waals surface area contributed by atoms with Gasteiger partial charge in [-0.25, -0.2) is 9.97 Å². The molecule has 1 aromatic heterocycles. The van der Waals surface area contributed by atoms with Gasteiger partial charge in [0.15, 0.2) is 0 Å². The van der Waals surface area contributed by atoms with E-state index in [-0.39, 0.29) is 0 Å². The quantitative estimate of drug-likeness (QED) is 0.753. The monoisotopic (exact) mass is 247 g/mol. The Labute approximate surface area is 110 Å². The minimum Gasteiger partial charge on any atom is -0.312 e. The van der Waals surface area contributed by atoms with E-state index in [0.717, 1.165) is 25.9 Å². The number of aromatic nitrogens is 2. The lowest BCUT2D eigenvalue weighted by molar-refractivity contribution is 0.588. The third-order valence-electron chi connectivity index (χ3n) is 3.73. The first-order chi connectivity index (χ1) is 8.92. The summed E-state index contributed by atoms with van der Waals surface area (Å²) >= 11 is 0. The van der Waals surface area contributed by atoms with Gasteiger partial charge in [0.2, 0.25) is 0 Å². The molecule has 0 atom stereocenters. The van der Waals surface area contributed by atoms with Crippen LogP contribution < -0.4 is 5.32 Å². The van der Waals surface area contributed by atoms with Crippen LogP contribution in [0.4, 0.5) is 0 Å². The van der Waals surface area contributed by atoms with Gasteiger partial charge in [-0.05, 0) is 12.8 Å². The number of hydrogen-bond acceptors (Lipinski definition) is 3. The molecule has 100 valence electrons. The Hall–Kier alpha value is -0.960. The van der Waals surface area contributed by atoms with Gasteiger partial charge >= 0.3 is 0 Å². The van der Waals surface area contributed by atoms with Crippen molar-refractivity contribution in [3.05, 3.63) is 23.3 Å². The second-order valence-electron chi connectivity index (χ2n) is 5.19. The molecule has 0 aromatic carbocycles. The number of fused-ring (bicyclic) bond motifs is 1. The van der Waals surface area contributed by atoms with Crippen LogP contribution in [0.3, 0.4) is 0 Å². The summed E-state index contributed by atoms with van der Waals surface area (Å²) in [6.07, 6.45) is 12.0. The second-order valence-corrected chi connectivity index (χ2v) is 5.19. The van der Waals surface area contributed by atoms with Crippen molar-refractivity contribution in [2.45, 2.75) is 64.8 Å². The standard InChI is InChI=1S/C15H25N3/c1-2-3-4-5-6-7-8-14-13-11-16-10-9-15(13)18-12-17-14/h12,16H,2-11H2,1H3. The predicted octanol–water partition coefficient (Wildman–Crippen LogP) is 3.03. The zero-order chi connectivity index (χ0) is 12.6. The van der Waals surface area contributed by atoms with E-state index >= 15 is 0 Å². The number of aryl methyl sites for hydroxylation is 1. The molecular weight excluding hydrogens is 222 g/mol. The number of nitrogens with zero attached hydrogens (tertiary/aromatic N) is 2. The minimum absolute atomic E-state index is 0.960. The topological polar surface area (TPSA) is 37.8 Å². The summed E-state index contributed by atoms with van der Waals surface area (Å²) in [5.41, 5.74) is 3.92. The fourth-order valence-corrected chi connectivity index (χ4v) is 2.62. The summed E-state index contributed by atoms with van der Waals surface area (Å²) in [5, 5.41) is 3.42. The van der Waals surface area contributed by atoms with Crippen molar-refractivity contribution < 1.29 is 0 Å². The summed E-state index contributed by atoms with van der Waals surface area (Å²) in [5.74, 6) is 0. The van der Waals surface area contributed by atoms with E-state index in [9.17, 15) is 0 Å². The van der Waals surface area contributed by atoms with Gasteiger partial charge in [-0.1, -0.05) is 39.0 Å². The number of hydrogen-bond donors (Lipinski definition) is 1. The molecule has 2 rings (SSSR count). The van der Waals surface area contributed by atoms with Crippen molar-refractivity contribution in [1.82, 2.24) is 15.3 Å². The molecule has 1 aliphatic rings. The Balaban J connectivity index is 1.79. The molecule has 0 amide bonds. The van der Waals surface area contributed by atoms with Crippen LogP contribution in [0.25, 0.3) is 0 Å².